The highest BCUT2D eigenvalue weighted by Gasteiger charge is 2.35. The normalized spacial score (nSPS) is 36.4. The number of nitrogens with one attached hydrogen (secondary N) is 1. The fraction of sp³-hybridized carbons (Fsp3) is 1.00. The first-order valence-corrected chi connectivity index (χ1v) is 6.61. The summed E-state index contributed by atoms with van der Waals surface area (Å²) in [5.74, 6) is 2.95. The summed E-state index contributed by atoms with van der Waals surface area (Å²) in [6.45, 7) is 12.1. The van der Waals surface area contributed by atoms with Gasteiger partial charge in [-0.25, -0.2) is 0 Å². The van der Waals surface area contributed by atoms with Crippen LogP contribution in [0.1, 0.15) is 33.6 Å². The monoisotopic (exact) mass is 210 g/mol. The number of hydrogen-bond donors (Lipinski definition) is 1. The standard InChI is InChI=1S/C13H26N2/c1-10(2)14-7-12-4-5-15(8-12)9-13-6-11(13)3/h10-14H,4-9H2,1-3H3. The SMILES string of the molecule is CC(C)NCC1CCN(CC2CC2C)C1. The van der Waals surface area contributed by atoms with Crippen LogP contribution < -0.4 is 5.32 Å². The number of rotatable bonds is 5. The quantitative estimate of drug-likeness (QED) is 0.746. The smallest absolute Gasteiger partial charge is 0.00224 e. The summed E-state index contributed by atoms with van der Waals surface area (Å²) in [6.07, 6.45) is 2.88. The van der Waals surface area contributed by atoms with E-state index in [-0.39, 0.29) is 0 Å². The third kappa shape index (κ3) is 3.46. The Morgan fingerprint density at radius 1 is 1.40 bits per heavy atom. The topological polar surface area (TPSA) is 15.3 Å². The summed E-state index contributed by atoms with van der Waals surface area (Å²) in [5.41, 5.74) is 0. The van der Waals surface area contributed by atoms with Gasteiger partial charge in [0, 0.05) is 19.1 Å². The molecule has 15 heavy (non-hydrogen) atoms. The van der Waals surface area contributed by atoms with Gasteiger partial charge in [0.15, 0.2) is 0 Å². The molecule has 3 atom stereocenters. The van der Waals surface area contributed by atoms with E-state index in [1.165, 1.54) is 39.0 Å². The van der Waals surface area contributed by atoms with Gasteiger partial charge in [-0.05, 0) is 43.7 Å². The highest BCUT2D eigenvalue weighted by atomic mass is 15.2. The Kier molecular flexibility index (Phi) is 3.68. The van der Waals surface area contributed by atoms with Crippen LogP contribution in [0.3, 0.4) is 0 Å². The van der Waals surface area contributed by atoms with Crippen molar-refractivity contribution in [1.82, 2.24) is 10.2 Å². The molecular weight excluding hydrogens is 184 g/mol. The lowest BCUT2D eigenvalue weighted by atomic mass is 10.1. The molecule has 3 unspecified atom stereocenters. The summed E-state index contributed by atoms with van der Waals surface area (Å²) in [7, 11) is 0. The molecule has 88 valence electrons. The second-order valence-electron chi connectivity index (χ2n) is 5.95. The van der Waals surface area contributed by atoms with Crippen LogP contribution in [0.5, 0.6) is 0 Å². The van der Waals surface area contributed by atoms with E-state index in [9.17, 15) is 0 Å². The van der Waals surface area contributed by atoms with Gasteiger partial charge in [0.2, 0.25) is 0 Å². The van der Waals surface area contributed by atoms with Crippen LogP contribution in [-0.4, -0.2) is 37.1 Å². The van der Waals surface area contributed by atoms with Gasteiger partial charge in [-0.15, -0.1) is 0 Å². The van der Waals surface area contributed by atoms with E-state index >= 15 is 0 Å². The second-order valence-corrected chi connectivity index (χ2v) is 5.95. The van der Waals surface area contributed by atoms with Crippen molar-refractivity contribution < 1.29 is 0 Å². The van der Waals surface area contributed by atoms with Crippen molar-refractivity contribution in [3.63, 3.8) is 0 Å². The zero-order valence-electron chi connectivity index (χ0n) is 10.5. The molecule has 0 aromatic heterocycles. The Bertz CT molecular complexity index is 203. The maximum atomic E-state index is 3.56. The van der Waals surface area contributed by atoms with Crippen molar-refractivity contribution in [1.29, 1.82) is 0 Å². The largest absolute Gasteiger partial charge is 0.314 e. The van der Waals surface area contributed by atoms with Gasteiger partial charge in [-0.1, -0.05) is 20.8 Å². The maximum Gasteiger partial charge on any atom is 0.00224 e. The zero-order valence-corrected chi connectivity index (χ0v) is 10.5. The Morgan fingerprint density at radius 2 is 2.13 bits per heavy atom. The molecule has 0 amide bonds. The Hall–Kier alpha value is -0.0800. The highest BCUT2D eigenvalue weighted by Crippen LogP contribution is 2.38. The predicted octanol–water partition coefficient (Wildman–Crippen LogP) is 1.96. The van der Waals surface area contributed by atoms with Gasteiger partial charge >= 0.3 is 0 Å². The molecular formula is C13H26N2. The number of nitrogens with zero attached hydrogens (tertiary/aromatic N) is 1. The lowest BCUT2D eigenvalue weighted by Crippen LogP contribution is -2.31. The van der Waals surface area contributed by atoms with Crippen LogP contribution >= 0.6 is 0 Å². The molecule has 1 heterocycles. The molecule has 1 saturated heterocycles. The summed E-state index contributed by atoms with van der Waals surface area (Å²) < 4.78 is 0. The van der Waals surface area contributed by atoms with E-state index in [4.69, 9.17) is 0 Å². The third-order valence-electron chi connectivity index (χ3n) is 3.95. The third-order valence-corrected chi connectivity index (χ3v) is 3.95. The average molecular weight is 210 g/mol. The molecule has 0 aromatic carbocycles. The fourth-order valence-electron chi connectivity index (χ4n) is 2.63. The van der Waals surface area contributed by atoms with Crippen LogP contribution in [0.4, 0.5) is 0 Å². The molecule has 1 aliphatic carbocycles. The first kappa shape index (κ1) is 11.4. The summed E-state index contributed by atoms with van der Waals surface area (Å²) in [4.78, 5) is 2.68. The van der Waals surface area contributed by atoms with E-state index in [0.717, 1.165) is 17.8 Å². The summed E-state index contributed by atoms with van der Waals surface area (Å²) >= 11 is 0. The van der Waals surface area contributed by atoms with E-state index in [1.54, 1.807) is 0 Å². The molecule has 1 aliphatic heterocycles. The number of likely N-dealkylation sites (tertiary alicyclic amines) is 1. The first-order valence-electron chi connectivity index (χ1n) is 6.61. The highest BCUT2D eigenvalue weighted by molar-refractivity contribution is 4.88. The minimum Gasteiger partial charge on any atom is -0.314 e. The van der Waals surface area contributed by atoms with Crippen LogP contribution in [0.15, 0.2) is 0 Å². The lowest BCUT2D eigenvalue weighted by Gasteiger charge is -2.17. The molecule has 2 fully saturated rings. The van der Waals surface area contributed by atoms with Crippen molar-refractivity contribution in [3.05, 3.63) is 0 Å². The maximum absolute atomic E-state index is 3.56. The predicted molar refractivity (Wildman–Crippen MR) is 65.0 cm³/mol. The summed E-state index contributed by atoms with van der Waals surface area (Å²) in [6, 6.07) is 0.641. The van der Waals surface area contributed by atoms with E-state index < -0.39 is 0 Å². The molecule has 2 rings (SSSR count). The molecule has 1 N–H and O–H groups in total. The Morgan fingerprint density at radius 3 is 2.73 bits per heavy atom. The molecule has 0 aromatic rings. The minimum atomic E-state index is 0.641. The molecule has 2 aliphatic rings. The van der Waals surface area contributed by atoms with Crippen LogP contribution in [0.2, 0.25) is 0 Å². The van der Waals surface area contributed by atoms with Crippen molar-refractivity contribution in [2.45, 2.75) is 39.7 Å². The van der Waals surface area contributed by atoms with Crippen LogP contribution in [0, 0.1) is 17.8 Å². The fourth-order valence-corrected chi connectivity index (χ4v) is 2.63. The van der Waals surface area contributed by atoms with Gasteiger partial charge in [0.1, 0.15) is 0 Å². The Balaban J connectivity index is 1.61. The van der Waals surface area contributed by atoms with Crippen molar-refractivity contribution in [2.75, 3.05) is 26.2 Å². The average Bonchev–Trinajstić information content (AvgIpc) is 2.69. The van der Waals surface area contributed by atoms with Crippen LogP contribution in [0.25, 0.3) is 0 Å². The van der Waals surface area contributed by atoms with E-state index in [2.05, 4.69) is 31.0 Å². The molecule has 0 spiro atoms. The van der Waals surface area contributed by atoms with Gasteiger partial charge < -0.3 is 10.2 Å². The number of hydrogen-bond acceptors (Lipinski definition) is 2. The summed E-state index contributed by atoms with van der Waals surface area (Å²) in [5, 5.41) is 3.56. The molecule has 0 bridgehead atoms. The first-order chi connectivity index (χ1) is 7.15. The Labute approximate surface area is 94.4 Å². The zero-order chi connectivity index (χ0) is 10.8. The molecule has 2 nitrogen and oxygen atoms in total. The van der Waals surface area contributed by atoms with Gasteiger partial charge in [0.25, 0.3) is 0 Å². The van der Waals surface area contributed by atoms with Crippen molar-refractivity contribution in [2.24, 2.45) is 17.8 Å². The molecule has 0 radical (unpaired) electrons. The van der Waals surface area contributed by atoms with Crippen molar-refractivity contribution in [3.8, 4) is 0 Å². The van der Waals surface area contributed by atoms with Crippen molar-refractivity contribution >= 4 is 0 Å². The van der Waals surface area contributed by atoms with Gasteiger partial charge in [-0.2, -0.15) is 0 Å². The van der Waals surface area contributed by atoms with Gasteiger partial charge in [0.05, 0.1) is 0 Å². The second kappa shape index (κ2) is 4.84. The minimum absolute atomic E-state index is 0.641. The molecule has 1 saturated carbocycles. The lowest BCUT2D eigenvalue weighted by molar-refractivity contribution is 0.302. The molecule has 2 heteroatoms. The van der Waals surface area contributed by atoms with E-state index in [1.807, 2.05) is 0 Å². The van der Waals surface area contributed by atoms with Gasteiger partial charge in [-0.3, -0.25) is 0 Å². The van der Waals surface area contributed by atoms with E-state index in [0.29, 0.717) is 6.04 Å². The van der Waals surface area contributed by atoms with Crippen LogP contribution in [-0.2, 0) is 0 Å².